The van der Waals surface area contributed by atoms with E-state index in [1.165, 1.54) is 0 Å². The Morgan fingerprint density at radius 3 is 2.50 bits per heavy atom. The molecule has 0 heterocycles. The van der Waals surface area contributed by atoms with Crippen molar-refractivity contribution in [3.8, 4) is 5.75 Å². The van der Waals surface area contributed by atoms with Gasteiger partial charge in [0.1, 0.15) is 18.5 Å². The first-order valence-corrected chi connectivity index (χ1v) is 12.3. The van der Waals surface area contributed by atoms with Crippen LogP contribution in [0.1, 0.15) is 25.3 Å². The molecular formula is C21H28Cl2N2O4S. The Morgan fingerprint density at radius 2 is 1.83 bits per heavy atom. The fraction of sp³-hybridized carbons (Fsp3) is 0.429. The minimum Gasteiger partial charge on any atom is -0.491 e. The molecule has 2 aromatic carbocycles. The molecule has 0 bridgehead atoms. The molecule has 0 radical (unpaired) electrons. The number of halogens is 2. The third kappa shape index (κ3) is 9.10. The highest BCUT2D eigenvalue weighted by molar-refractivity contribution is 7.92. The van der Waals surface area contributed by atoms with Crippen molar-refractivity contribution in [1.29, 1.82) is 0 Å². The van der Waals surface area contributed by atoms with Crippen molar-refractivity contribution < 1.29 is 18.3 Å². The number of hydrogen-bond acceptors (Lipinski definition) is 5. The van der Waals surface area contributed by atoms with Crippen molar-refractivity contribution >= 4 is 38.9 Å². The van der Waals surface area contributed by atoms with Gasteiger partial charge >= 0.3 is 0 Å². The lowest BCUT2D eigenvalue weighted by Gasteiger charge is -2.14. The number of anilines is 1. The van der Waals surface area contributed by atoms with E-state index in [0.717, 1.165) is 18.4 Å². The average molecular weight is 475 g/mol. The van der Waals surface area contributed by atoms with Crippen LogP contribution in [0.2, 0.25) is 10.0 Å². The molecule has 0 saturated heterocycles. The van der Waals surface area contributed by atoms with Crippen LogP contribution in [0.25, 0.3) is 0 Å². The van der Waals surface area contributed by atoms with Gasteiger partial charge in [-0.3, -0.25) is 4.72 Å². The summed E-state index contributed by atoms with van der Waals surface area (Å²) in [5, 5.41) is 14.3. The number of unbranched alkanes of at least 4 members (excludes halogenated alkanes) is 1. The van der Waals surface area contributed by atoms with Crippen LogP contribution in [0.15, 0.2) is 42.5 Å². The van der Waals surface area contributed by atoms with E-state index in [-0.39, 0.29) is 12.4 Å². The molecule has 0 aliphatic heterocycles. The van der Waals surface area contributed by atoms with Crippen molar-refractivity contribution in [1.82, 2.24) is 5.32 Å². The summed E-state index contributed by atoms with van der Waals surface area (Å²) in [6.45, 7) is 3.14. The minimum atomic E-state index is -3.33. The SMILES string of the molecule is CCCCS(=O)(=O)Nc1ccc(OC[C@@H](O)CNCCc2ccc(Cl)c(Cl)c2)cc1. The first-order valence-electron chi connectivity index (χ1n) is 9.85. The largest absolute Gasteiger partial charge is 0.491 e. The molecule has 6 nitrogen and oxygen atoms in total. The number of nitrogens with one attached hydrogen (secondary N) is 2. The van der Waals surface area contributed by atoms with Gasteiger partial charge in [-0.1, -0.05) is 42.6 Å². The highest BCUT2D eigenvalue weighted by Crippen LogP contribution is 2.22. The second-order valence-electron chi connectivity index (χ2n) is 6.97. The zero-order valence-corrected chi connectivity index (χ0v) is 19.2. The third-order valence-corrected chi connectivity index (χ3v) is 6.40. The Kier molecular flexibility index (Phi) is 10.2. The van der Waals surface area contributed by atoms with Crippen LogP contribution in [-0.2, 0) is 16.4 Å². The molecule has 0 unspecified atom stereocenters. The van der Waals surface area contributed by atoms with Gasteiger partial charge < -0.3 is 15.2 Å². The summed E-state index contributed by atoms with van der Waals surface area (Å²) in [6, 6.07) is 12.1. The zero-order valence-electron chi connectivity index (χ0n) is 16.9. The Hall–Kier alpha value is -1.51. The molecule has 3 N–H and O–H groups in total. The summed E-state index contributed by atoms with van der Waals surface area (Å²) in [5.74, 6) is 0.660. The monoisotopic (exact) mass is 474 g/mol. The first-order chi connectivity index (χ1) is 14.3. The number of hydrogen-bond donors (Lipinski definition) is 3. The van der Waals surface area contributed by atoms with E-state index in [1.807, 2.05) is 19.1 Å². The lowest BCUT2D eigenvalue weighted by Crippen LogP contribution is -2.32. The molecule has 0 fully saturated rings. The predicted molar refractivity (Wildman–Crippen MR) is 123 cm³/mol. The fourth-order valence-electron chi connectivity index (χ4n) is 2.63. The number of aliphatic hydroxyl groups excluding tert-OH is 1. The molecule has 0 aliphatic rings. The molecule has 9 heteroatoms. The van der Waals surface area contributed by atoms with Crippen LogP contribution in [-0.4, -0.2) is 45.1 Å². The summed E-state index contributed by atoms with van der Waals surface area (Å²) >= 11 is 11.9. The molecule has 2 aromatic rings. The Balaban J connectivity index is 1.67. The number of rotatable bonds is 13. The van der Waals surface area contributed by atoms with Gasteiger partial charge in [-0.25, -0.2) is 8.42 Å². The lowest BCUT2D eigenvalue weighted by molar-refractivity contribution is 0.106. The maximum Gasteiger partial charge on any atom is 0.232 e. The highest BCUT2D eigenvalue weighted by Gasteiger charge is 2.10. The first kappa shape index (κ1) is 24.8. The van der Waals surface area contributed by atoms with Gasteiger partial charge in [0, 0.05) is 12.2 Å². The maximum absolute atomic E-state index is 11.9. The van der Waals surface area contributed by atoms with Gasteiger partial charge in [0.15, 0.2) is 0 Å². The van der Waals surface area contributed by atoms with Crippen molar-refractivity contribution in [2.24, 2.45) is 0 Å². The van der Waals surface area contributed by atoms with Crippen LogP contribution < -0.4 is 14.8 Å². The van der Waals surface area contributed by atoms with Crippen molar-refractivity contribution in [2.45, 2.75) is 32.3 Å². The van der Waals surface area contributed by atoms with E-state index in [0.29, 0.717) is 41.0 Å². The van der Waals surface area contributed by atoms with Crippen molar-refractivity contribution in [2.75, 3.05) is 30.2 Å². The summed E-state index contributed by atoms with van der Waals surface area (Å²) in [6.07, 6.45) is 1.53. The molecule has 2 rings (SSSR count). The zero-order chi connectivity index (χ0) is 22.0. The van der Waals surface area contributed by atoms with Gasteiger partial charge in [0.05, 0.1) is 15.8 Å². The van der Waals surface area contributed by atoms with Crippen LogP contribution in [0.3, 0.4) is 0 Å². The van der Waals surface area contributed by atoms with Crippen LogP contribution in [0.4, 0.5) is 5.69 Å². The summed E-state index contributed by atoms with van der Waals surface area (Å²) in [5.41, 5.74) is 1.55. The smallest absolute Gasteiger partial charge is 0.232 e. The second kappa shape index (κ2) is 12.4. The number of ether oxygens (including phenoxy) is 1. The van der Waals surface area contributed by atoms with Gasteiger partial charge in [0.25, 0.3) is 0 Å². The van der Waals surface area contributed by atoms with Crippen molar-refractivity contribution in [3.63, 3.8) is 0 Å². The predicted octanol–water partition coefficient (Wildman–Crippen LogP) is 4.11. The molecule has 30 heavy (non-hydrogen) atoms. The summed E-state index contributed by atoms with van der Waals surface area (Å²) in [7, 11) is -3.33. The average Bonchev–Trinajstić information content (AvgIpc) is 2.71. The maximum atomic E-state index is 11.9. The number of sulfonamides is 1. The Bertz CT molecular complexity index is 892. The molecule has 0 aliphatic carbocycles. The topological polar surface area (TPSA) is 87.7 Å². The lowest BCUT2D eigenvalue weighted by atomic mass is 10.1. The molecule has 166 valence electrons. The molecule has 0 aromatic heterocycles. The van der Waals surface area contributed by atoms with Crippen molar-refractivity contribution in [3.05, 3.63) is 58.1 Å². The second-order valence-corrected chi connectivity index (χ2v) is 9.62. The van der Waals surface area contributed by atoms with Crippen LogP contribution >= 0.6 is 23.2 Å². The van der Waals surface area contributed by atoms with Gasteiger partial charge in [-0.2, -0.15) is 0 Å². The van der Waals surface area contributed by atoms with Gasteiger partial charge in [-0.15, -0.1) is 0 Å². The van der Waals surface area contributed by atoms with Gasteiger partial charge in [0.2, 0.25) is 10.0 Å². The highest BCUT2D eigenvalue weighted by atomic mass is 35.5. The van der Waals surface area contributed by atoms with E-state index in [2.05, 4.69) is 10.0 Å². The molecule has 1 atom stereocenters. The number of benzene rings is 2. The van der Waals surface area contributed by atoms with Gasteiger partial charge in [-0.05, 0) is 61.3 Å². The molecular weight excluding hydrogens is 447 g/mol. The van der Waals surface area contributed by atoms with E-state index >= 15 is 0 Å². The quantitative estimate of drug-likeness (QED) is 0.380. The van der Waals surface area contributed by atoms with Crippen LogP contribution in [0.5, 0.6) is 5.75 Å². The fourth-order valence-corrected chi connectivity index (χ4v) is 4.22. The van der Waals surface area contributed by atoms with Crippen LogP contribution in [0, 0.1) is 0 Å². The van der Waals surface area contributed by atoms with E-state index < -0.39 is 16.1 Å². The summed E-state index contributed by atoms with van der Waals surface area (Å²) in [4.78, 5) is 0. The molecule has 0 saturated carbocycles. The molecule has 0 amide bonds. The third-order valence-electron chi connectivity index (χ3n) is 4.29. The Labute approximate surface area is 188 Å². The van der Waals surface area contributed by atoms with E-state index in [4.69, 9.17) is 27.9 Å². The van der Waals surface area contributed by atoms with E-state index in [9.17, 15) is 13.5 Å². The number of aliphatic hydroxyl groups is 1. The molecule has 0 spiro atoms. The standard InChI is InChI=1S/C21H28Cl2N2O4S/c1-2-3-12-30(27,28)25-17-5-7-19(8-6-17)29-15-18(26)14-24-11-10-16-4-9-20(22)21(23)13-16/h4-9,13,18,24-26H,2-3,10-12,14-15H2,1H3/t18-/m0/s1. The summed E-state index contributed by atoms with van der Waals surface area (Å²) < 4.78 is 31.9. The van der Waals surface area contributed by atoms with E-state index in [1.54, 1.807) is 30.3 Å². The minimum absolute atomic E-state index is 0.103. The Morgan fingerprint density at radius 1 is 1.10 bits per heavy atom. The normalized spacial score (nSPS) is 12.5.